The largest absolute Gasteiger partial charge is 0.388 e. The molecular weight excluding hydrogens is 176 g/mol. The lowest BCUT2D eigenvalue weighted by Crippen LogP contribution is -2.26. The summed E-state index contributed by atoms with van der Waals surface area (Å²) in [6.45, 7) is 3.88. The molecule has 14 heavy (non-hydrogen) atoms. The average molecular weight is 190 g/mol. The molecule has 1 heterocycles. The molecule has 0 aromatic heterocycles. The highest BCUT2D eigenvalue weighted by Crippen LogP contribution is 2.38. The van der Waals surface area contributed by atoms with E-state index in [2.05, 4.69) is 10.6 Å². The number of rotatable bonds is 1. The molecule has 0 unspecified atom stereocenters. The summed E-state index contributed by atoms with van der Waals surface area (Å²) in [5.41, 5.74) is 2.61. The standard InChI is InChI=1S/C11H14N2O/c1-11(2)8-6-7(12-3)4-5-9(8)13-10(11)14/h4-6,12H,1-3H3,(H,13,14). The molecule has 3 nitrogen and oxygen atoms in total. The molecule has 0 saturated carbocycles. The minimum Gasteiger partial charge on any atom is -0.388 e. The van der Waals surface area contributed by atoms with Crippen LogP contribution in [-0.2, 0) is 10.2 Å². The Kier molecular flexibility index (Phi) is 1.77. The van der Waals surface area contributed by atoms with Crippen LogP contribution in [0.15, 0.2) is 18.2 Å². The second-order valence-electron chi connectivity index (χ2n) is 4.09. The van der Waals surface area contributed by atoms with Gasteiger partial charge in [0, 0.05) is 18.4 Å². The van der Waals surface area contributed by atoms with Crippen molar-refractivity contribution in [2.45, 2.75) is 19.3 Å². The number of nitrogens with one attached hydrogen (secondary N) is 2. The molecule has 1 amide bonds. The van der Waals surface area contributed by atoms with Crippen molar-refractivity contribution in [3.63, 3.8) is 0 Å². The van der Waals surface area contributed by atoms with Crippen LogP contribution in [0.1, 0.15) is 19.4 Å². The number of amides is 1. The molecule has 1 aliphatic heterocycles. The zero-order valence-electron chi connectivity index (χ0n) is 8.64. The Labute approximate surface area is 83.5 Å². The second-order valence-corrected chi connectivity index (χ2v) is 4.09. The van der Waals surface area contributed by atoms with E-state index in [0.29, 0.717) is 0 Å². The zero-order chi connectivity index (χ0) is 10.3. The summed E-state index contributed by atoms with van der Waals surface area (Å²) in [4.78, 5) is 11.6. The predicted octanol–water partition coefficient (Wildman–Crippen LogP) is 1.96. The molecule has 1 aliphatic rings. The monoisotopic (exact) mass is 190 g/mol. The minimum absolute atomic E-state index is 0.0701. The van der Waals surface area contributed by atoms with Gasteiger partial charge in [-0.2, -0.15) is 0 Å². The van der Waals surface area contributed by atoms with Crippen molar-refractivity contribution >= 4 is 17.3 Å². The maximum Gasteiger partial charge on any atom is 0.234 e. The lowest BCUT2D eigenvalue weighted by molar-refractivity contribution is -0.119. The number of benzene rings is 1. The van der Waals surface area contributed by atoms with Crippen molar-refractivity contribution in [2.75, 3.05) is 17.7 Å². The number of anilines is 2. The SMILES string of the molecule is CNc1ccc2c(c1)C(C)(C)C(=O)N2. The molecule has 0 radical (unpaired) electrons. The summed E-state index contributed by atoms with van der Waals surface area (Å²) in [5.74, 6) is 0.0701. The molecular formula is C11H14N2O. The smallest absolute Gasteiger partial charge is 0.234 e. The van der Waals surface area contributed by atoms with E-state index in [0.717, 1.165) is 16.9 Å². The second kappa shape index (κ2) is 2.74. The third kappa shape index (κ3) is 1.09. The van der Waals surface area contributed by atoms with E-state index in [1.807, 2.05) is 39.1 Å². The van der Waals surface area contributed by atoms with Crippen molar-refractivity contribution in [3.8, 4) is 0 Å². The quantitative estimate of drug-likeness (QED) is 0.710. The van der Waals surface area contributed by atoms with Gasteiger partial charge in [0.15, 0.2) is 0 Å². The molecule has 1 aromatic carbocycles. The van der Waals surface area contributed by atoms with E-state index >= 15 is 0 Å². The normalized spacial score (nSPS) is 17.5. The highest BCUT2D eigenvalue weighted by molar-refractivity contribution is 6.05. The predicted molar refractivity (Wildman–Crippen MR) is 57.6 cm³/mol. The molecule has 0 aliphatic carbocycles. The van der Waals surface area contributed by atoms with Crippen molar-refractivity contribution in [1.29, 1.82) is 0 Å². The Balaban J connectivity index is 2.56. The van der Waals surface area contributed by atoms with Crippen LogP contribution in [0.5, 0.6) is 0 Å². The van der Waals surface area contributed by atoms with Crippen molar-refractivity contribution in [2.24, 2.45) is 0 Å². The van der Waals surface area contributed by atoms with Gasteiger partial charge in [-0.25, -0.2) is 0 Å². The first-order chi connectivity index (χ1) is 6.55. The summed E-state index contributed by atoms with van der Waals surface area (Å²) in [6.07, 6.45) is 0. The topological polar surface area (TPSA) is 41.1 Å². The van der Waals surface area contributed by atoms with Gasteiger partial charge in [-0.3, -0.25) is 4.79 Å². The van der Waals surface area contributed by atoms with E-state index in [1.54, 1.807) is 0 Å². The molecule has 0 saturated heterocycles. The summed E-state index contributed by atoms with van der Waals surface area (Å²) in [5, 5.41) is 5.94. The average Bonchev–Trinajstić information content (AvgIpc) is 2.38. The first-order valence-electron chi connectivity index (χ1n) is 4.69. The van der Waals surface area contributed by atoms with Crippen molar-refractivity contribution < 1.29 is 4.79 Å². The van der Waals surface area contributed by atoms with Gasteiger partial charge in [-0.1, -0.05) is 0 Å². The molecule has 0 spiro atoms. The van der Waals surface area contributed by atoms with Gasteiger partial charge in [0.2, 0.25) is 5.91 Å². The van der Waals surface area contributed by atoms with Crippen LogP contribution in [0.4, 0.5) is 11.4 Å². The number of fused-ring (bicyclic) bond motifs is 1. The first kappa shape index (κ1) is 9.06. The minimum atomic E-state index is -0.414. The summed E-state index contributed by atoms with van der Waals surface area (Å²) in [7, 11) is 1.87. The third-order valence-electron chi connectivity index (χ3n) is 2.80. The summed E-state index contributed by atoms with van der Waals surface area (Å²) in [6, 6.07) is 5.92. The third-order valence-corrected chi connectivity index (χ3v) is 2.80. The molecule has 2 N–H and O–H groups in total. The maximum atomic E-state index is 11.6. The fraction of sp³-hybridized carbons (Fsp3) is 0.364. The Hall–Kier alpha value is -1.51. The van der Waals surface area contributed by atoms with Gasteiger partial charge in [-0.15, -0.1) is 0 Å². The molecule has 3 heteroatoms. The van der Waals surface area contributed by atoms with Gasteiger partial charge < -0.3 is 10.6 Å². The van der Waals surface area contributed by atoms with Crippen LogP contribution < -0.4 is 10.6 Å². The van der Waals surface area contributed by atoms with E-state index in [4.69, 9.17) is 0 Å². The van der Waals surface area contributed by atoms with Crippen LogP contribution in [0.2, 0.25) is 0 Å². The Morgan fingerprint density at radius 2 is 2.07 bits per heavy atom. The highest BCUT2D eigenvalue weighted by Gasteiger charge is 2.38. The summed E-state index contributed by atoms with van der Waals surface area (Å²) >= 11 is 0. The molecule has 1 aromatic rings. The van der Waals surface area contributed by atoms with E-state index < -0.39 is 5.41 Å². The number of hydrogen-bond donors (Lipinski definition) is 2. The van der Waals surface area contributed by atoms with Crippen LogP contribution in [-0.4, -0.2) is 13.0 Å². The molecule has 0 fully saturated rings. The lowest BCUT2D eigenvalue weighted by atomic mass is 9.86. The Bertz CT molecular complexity index is 396. The fourth-order valence-corrected chi connectivity index (χ4v) is 1.73. The van der Waals surface area contributed by atoms with E-state index in [9.17, 15) is 4.79 Å². The number of carbonyl (C=O) groups is 1. The van der Waals surface area contributed by atoms with Gasteiger partial charge in [0.05, 0.1) is 5.41 Å². The van der Waals surface area contributed by atoms with Gasteiger partial charge in [0.1, 0.15) is 0 Å². The molecule has 74 valence electrons. The zero-order valence-corrected chi connectivity index (χ0v) is 8.64. The van der Waals surface area contributed by atoms with Crippen LogP contribution in [0, 0.1) is 0 Å². The molecule has 0 atom stereocenters. The van der Waals surface area contributed by atoms with Gasteiger partial charge in [0.25, 0.3) is 0 Å². The van der Waals surface area contributed by atoms with Gasteiger partial charge in [-0.05, 0) is 37.6 Å². The maximum absolute atomic E-state index is 11.6. The number of hydrogen-bond acceptors (Lipinski definition) is 2. The fourth-order valence-electron chi connectivity index (χ4n) is 1.73. The summed E-state index contributed by atoms with van der Waals surface area (Å²) < 4.78 is 0. The van der Waals surface area contributed by atoms with Gasteiger partial charge >= 0.3 is 0 Å². The van der Waals surface area contributed by atoms with Crippen LogP contribution in [0.3, 0.4) is 0 Å². The van der Waals surface area contributed by atoms with Crippen molar-refractivity contribution in [3.05, 3.63) is 23.8 Å². The Morgan fingerprint density at radius 1 is 1.36 bits per heavy atom. The molecule has 2 rings (SSSR count). The lowest BCUT2D eigenvalue weighted by Gasteiger charge is -2.15. The number of carbonyl (C=O) groups excluding carboxylic acids is 1. The Morgan fingerprint density at radius 3 is 2.71 bits per heavy atom. The van der Waals surface area contributed by atoms with Crippen molar-refractivity contribution in [1.82, 2.24) is 0 Å². The van der Waals surface area contributed by atoms with Crippen LogP contribution in [0.25, 0.3) is 0 Å². The van der Waals surface area contributed by atoms with E-state index in [1.165, 1.54) is 0 Å². The van der Waals surface area contributed by atoms with Crippen LogP contribution >= 0.6 is 0 Å². The molecule has 0 bridgehead atoms. The highest BCUT2D eigenvalue weighted by atomic mass is 16.2. The van der Waals surface area contributed by atoms with E-state index in [-0.39, 0.29) is 5.91 Å². The first-order valence-corrected chi connectivity index (χ1v) is 4.69.